The first-order chi connectivity index (χ1) is 9.15. The average Bonchev–Trinajstić information content (AvgIpc) is 2.98. The number of hydrogen-bond acceptors (Lipinski definition) is 3. The topological polar surface area (TPSA) is 72.9 Å². The first-order valence-corrected chi connectivity index (χ1v) is 6.90. The minimum Gasteiger partial charge on any atom is -0.349 e. The molecule has 1 aromatic heterocycles. The average molecular weight is 260 g/mol. The lowest BCUT2D eigenvalue weighted by Crippen LogP contribution is -2.35. The molecule has 3 rings (SSSR count). The molecule has 3 N–H and O–H groups in total. The lowest BCUT2D eigenvalue weighted by atomic mass is 9.92. The van der Waals surface area contributed by atoms with Gasteiger partial charge in [0.05, 0.1) is 18.2 Å². The summed E-state index contributed by atoms with van der Waals surface area (Å²) in [6.07, 6.45) is 9.58. The van der Waals surface area contributed by atoms with E-state index in [0.717, 1.165) is 25.7 Å². The Morgan fingerprint density at radius 2 is 2.37 bits per heavy atom. The molecule has 0 fully saturated rings. The molecule has 2 aliphatic carbocycles. The number of aromatic nitrogens is 2. The van der Waals surface area contributed by atoms with Crippen molar-refractivity contribution in [2.75, 3.05) is 0 Å². The number of nitrogens with zero attached hydrogens (tertiary/aromatic N) is 2. The molecular weight excluding hydrogens is 240 g/mol. The molecule has 3 atom stereocenters. The molecule has 0 saturated carbocycles. The van der Waals surface area contributed by atoms with Crippen molar-refractivity contribution in [2.24, 2.45) is 18.7 Å². The van der Waals surface area contributed by atoms with Crippen LogP contribution in [-0.2, 0) is 18.3 Å². The summed E-state index contributed by atoms with van der Waals surface area (Å²) >= 11 is 0. The molecule has 0 bridgehead atoms. The van der Waals surface area contributed by atoms with Crippen molar-refractivity contribution in [3.05, 3.63) is 29.6 Å². The predicted octanol–water partition coefficient (Wildman–Crippen LogP) is 0.817. The molecule has 2 aliphatic rings. The van der Waals surface area contributed by atoms with Crippen molar-refractivity contribution in [3.63, 3.8) is 0 Å². The van der Waals surface area contributed by atoms with Gasteiger partial charge in [-0.3, -0.25) is 9.48 Å². The number of hydrogen-bond donors (Lipinski definition) is 2. The Morgan fingerprint density at radius 3 is 3.11 bits per heavy atom. The van der Waals surface area contributed by atoms with Gasteiger partial charge in [0.15, 0.2) is 0 Å². The highest BCUT2D eigenvalue weighted by atomic mass is 16.1. The van der Waals surface area contributed by atoms with E-state index in [1.807, 2.05) is 30.1 Å². The van der Waals surface area contributed by atoms with Crippen LogP contribution in [0.25, 0.3) is 0 Å². The van der Waals surface area contributed by atoms with Crippen LogP contribution in [0.3, 0.4) is 0 Å². The van der Waals surface area contributed by atoms with Crippen LogP contribution in [0.5, 0.6) is 0 Å². The molecule has 19 heavy (non-hydrogen) atoms. The highest BCUT2D eigenvalue weighted by molar-refractivity contribution is 5.81. The Balaban J connectivity index is 1.71. The SMILES string of the molecule is Cn1ncc2c1CCCC2NC(=O)C1C=CC(N)C1. The molecule has 102 valence electrons. The van der Waals surface area contributed by atoms with Crippen molar-refractivity contribution >= 4 is 5.91 Å². The van der Waals surface area contributed by atoms with Gasteiger partial charge in [0.1, 0.15) is 0 Å². The number of amides is 1. The summed E-state index contributed by atoms with van der Waals surface area (Å²) in [5, 5.41) is 7.45. The second-order valence-electron chi connectivity index (χ2n) is 5.51. The molecule has 5 nitrogen and oxygen atoms in total. The quantitative estimate of drug-likeness (QED) is 0.773. The first-order valence-electron chi connectivity index (χ1n) is 6.90. The van der Waals surface area contributed by atoms with E-state index in [1.54, 1.807) is 0 Å². The molecular formula is C14H20N4O. The zero-order valence-corrected chi connectivity index (χ0v) is 11.2. The van der Waals surface area contributed by atoms with Crippen molar-refractivity contribution in [1.29, 1.82) is 0 Å². The van der Waals surface area contributed by atoms with Crippen LogP contribution >= 0.6 is 0 Å². The fourth-order valence-corrected chi connectivity index (χ4v) is 3.06. The third kappa shape index (κ3) is 2.30. The lowest BCUT2D eigenvalue weighted by molar-refractivity contribution is -0.124. The minimum atomic E-state index is -0.0722. The maximum Gasteiger partial charge on any atom is 0.227 e. The first kappa shape index (κ1) is 12.4. The van der Waals surface area contributed by atoms with Gasteiger partial charge in [0.2, 0.25) is 5.91 Å². The Bertz CT molecular complexity index is 520. The predicted molar refractivity (Wildman–Crippen MR) is 72.3 cm³/mol. The van der Waals surface area contributed by atoms with Gasteiger partial charge in [-0.2, -0.15) is 5.10 Å². The summed E-state index contributed by atoms with van der Waals surface area (Å²) in [4.78, 5) is 12.2. The number of carbonyl (C=O) groups excluding carboxylic acids is 1. The number of fused-ring (bicyclic) bond motifs is 1. The third-order valence-corrected chi connectivity index (χ3v) is 4.15. The Morgan fingerprint density at radius 1 is 1.53 bits per heavy atom. The molecule has 1 amide bonds. The van der Waals surface area contributed by atoms with Gasteiger partial charge in [0.25, 0.3) is 0 Å². The zero-order valence-electron chi connectivity index (χ0n) is 11.2. The van der Waals surface area contributed by atoms with E-state index in [0.29, 0.717) is 0 Å². The highest BCUT2D eigenvalue weighted by Gasteiger charge is 2.28. The van der Waals surface area contributed by atoms with Gasteiger partial charge in [-0.25, -0.2) is 0 Å². The van der Waals surface area contributed by atoms with Gasteiger partial charge in [-0.05, 0) is 25.7 Å². The maximum atomic E-state index is 12.2. The van der Waals surface area contributed by atoms with Gasteiger partial charge in [0, 0.05) is 24.3 Å². The van der Waals surface area contributed by atoms with E-state index in [-0.39, 0.29) is 23.9 Å². The monoisotopic (exact) mass is 260 g/mol. The fourth-order valence-electron chi connectivity index (χ4n) is 3.06. The summed E-state index contributed by atoms with van der Waals surface area (Å²) in [6, 6.07) is 0.131. The Labute approximate surface area is 112 Å². The Kier molecular flexibility index (Phi) is 3.14. The second kappa shape index (κ2) is 4.81. The van der Waals surface area contributed by atoms with Crippen LogP contribution in [0, 0.1) is 5.92 Å². The molecule has 1 heterocycles. The van der Waals surface area contributed by atoms with Crippen molar-refractivity contribution < 1.29 is 4.79 Å². The van der Waals surface area contributed by atoms with Gasteiger partial charge in [-0.1, -0.05) is 12.2 Å². The molecule has 3 unspecified atom stereocenters. The van der Waals surface area contributed by atoms with E-state index in [4.69, 9.17) is 5.73 Å². The normalized spacial score (nSPS) is 29.3. The van der Waals surface area contributed by atoms with Crippen LogP contribution in [0.15, 0.2) is 18.3 Å². The van der Waals surface area contributed by atoms with Crippen molar-refractivity contribution in [3.8, 4) is 0 Å². The van der Waals surface area contributed by atoms with Crippen LogP contribution in [0.4, 0.5) is 0 Å². The number of aryl methyl sites for hydroxylation is 1. The second-order valence-corrected chi connectivity index (χ2v) is 5.51. The molecule has 5 heteroatoms. The smallest absolute Gasteiger partial charge is 0.227 e. The lowest BCUT2D eigenvalue weighted by Gasteiger charge is -2.25. The summed E-state index contributed by atoms with van der Waals surface area (Å²) in [6.45, 7) is 0. The van der Waals surface area contributed by atoms with Crippen LogP contribution in [0.2, 0.25) is 0 Å². The maximum absolute atomic E-state index is 12.2. The van der Waals surface area contributed by atoms with Gasteiger partial charge in [-0.15, -0.1) is 0 Å². The zero-order chi connectivity index (χ0) is 13.4. The van der Waals surface area contributed by atoms with Crippen LogP contribution < -0.4 is 11.1 Å². The van der Waals surface area contributed by atoms with E-state index >= 15 is 0 Å². The molecule has 1 aromatic rings. The molecule has 0 saturated heterocycles. The molecule has 0 aliphatic heterocycles. The van der Waals surface area contributed by atoms with Crippen LogP contribution in [-0.4, -0.2) is 21.7 Å². The van der Waals surface area contributed by atoms with E-state index in [1.165, 1.54) is 11.3 Å². The fraction of sp³-hybridized carbons (Fsp3) is 0.571. The standard InChI is InChI=1S/C14H20N4O/c1-18-13-4-2-3-12(11(13)8-16-18)17-14(19)9-5-6-10(15)7-9/h5-6,8-10,12H,2-4,7,15H2,1H3,(H,17,19). The van der Waals surface area contributed by atoms with E-state index < -0.39 is 0 Å². The van der Waals surface area contributed by atoms with Gasteiger partial charge < -0.3 is 11.1 Å². The molecule has 0 spiro atoms. The third-order valence-electron chi connectivity index (χ3n) is 4.15. The largest absolute Gasteiger partial charge is 0.349 e. The van der Waals surface area contributed by atoms with Crippen molar-refractivity contribution in [1.82, 2.24) is 15.1 Å². The summed E-state index contributed by atoms with van der Waals surface area (Å²) in [7, 11) is 1.96. The van der Waals surface area contributed by atoms with E-state index in [9.17, 15) is 4.79 Å². The number of nitrogens with two attached hydrogens (primary N) is 1. The number of carbonyl (C=O) groups is 1. The molecule has 0 aromatic carbocycles. The number of nitrogens with one attached hydrogen (secondary N) is 1. The van der Waals surface area contributed by atoms with Crippen molar-refractivity contribution in [2.45, 2.75) is 37.8 Å². The molecule has 0 radical (unpaired) electrons. The Hall–Kier alpha value is -1.62. The van der Waals surface area contributed by atoms with Gasteiger partial charge >= 0.3 is 0 Å². The van der Waals surface area contributed by atoms with E-state index in [2.05, 4.69) is 10.4 Å². The highest BCUT2D eigenvalue weighted by Crippen LogP contribution is 2.30. The summed E-state index contributed by atoms with van der Waals surface area (Å²) in [5.74, 6) is 0.0166. The summed E-state index contributed by atoms with van der Waals surface area (Å²) < 4.78 is 1.92. The van der Waals surface area contributed by atoms with Crippen LogP contribution in [0.1, 0.15) is 36.6 Å². The minimum absolute atomic E-state index is 0.0241. The number of rotatable bonds is 2. The summed E-state index contributed by atoms with van der Waals surface area (Å²) in [5.41, 5.74) is 8.22.